The molecule has 0 amide bonds. The van der Waals surface area contributed by atoms with E-state index in [1.54, 1.807) is 43.5 Å². The van der Waals surface area contributed by atoms with Crippen molar-refractivity contribution in [3.05, 3.63) is 90.3 Å². The number of carbonyl (C=O) groups is 1. The molecular formula is C35H35N5O4S. The van der Waals surface area contributed by atoms with Crippen LogP contribution in [-0.4, -0.2) is 46.5 Å². The van der Waals surface area contributed by atoms with Gasteiger partial charge in [-0.25, -0.2) is 27.3 Å². The zero-order valence-corrected chi connectivity index (χ0v) is 26.3. The third-order valence-corrected chi connectivity index (χ3v) is 11.3. The third-order valence-electron chi connectivity index (χ3n) is 9.50. The SMILES string of the molecule is COC(=O)C1C2CCC(CC2)C1Nc1cc(-c2ccccc2)nc(-c2c(C)n(S(=O)(=O)c3ccc(C)cc3)c3ncccc23)n1. The van der Waals surface area contributed by atoms with E-state index in [2.05, 4.69) is 10.3 Å². The molecule has 1 N–H and O–H groups in total. The van der Waals surface area contributed by atoms with Crippen LogP contribution in [0.4, 0.5) is 5.82 Å². The number of nitrogens with one attached hydrogen (secondary N) is 1. The minimum Gasteiger partial charge on any atom is -0.469 e. The Morgan fingerprint density at radius 2 is 1.62 bits per heavy atom. The third kappa shape index (κ3) is 5.07. The molecule has 3 saturated carbocycles. The fourth-order valence-corrected chi connectivity index (χ4v) is 8.81. The molecule has 230 valence electrons. The van der Waals surface area contributed by atoms with Gasteiger partial charge in [-0.15, -0.1) is 0 Å². The van der Waals surface area contributed by atoms with Crippen LogP contribution in [0.25, 0.3) is 33.7 Å². The first kappa shape index (κ1) is 29.2. The van der Waals surface area contributed by atoms with Gasteiger partial charge in [-0.05, 0) is 75.6 Å². The minimum atomic E-state index is -3.99. The van der Waals surface area contributed by atoms with E-state index in [0.29, 0.717) is 45.5 Å². The highest BCUT2D eigenvalue weighted by atomic mass is 32.2. The number of benzene rings is 2. The van der Waals surface area contributed by atoms with Crippen LogP contribution in [0, 0.1) is 31.6 Å². The number of fused-ring (bicyclic) bond motifs is 4. The minimum absolute atomic E-state index is 0.123. The van der Waals surface area contributed by atoms with Crippen molar-refractivity contribution in [3.63, 3.8) is 0 Å². The largest absolute Gasteiger partial charge is 0.469 e. The Hall–Kier alpha value is -4.57. The van der Waals surface area contributed by atoms with Crippen LogP contribution in [0.5, 0.6) is 0 Å². The second-order valence-corrected chi connectivity index (χ2v) is 13.9. The van der Waals surface area contributed by atoms with E-state index in [4.69, 9.17) is 14.7 Å². The number of anilines is 1. The summed E-state index contributed by atoms with van der Waals surface area (Å²) in [5, 5.41) is 4.27. The van der Waals surface area contributed by atoms with Crippen LogP contribution >= 0.6 is 0 Å². The fourth-order valence-electron chi connectivity index (χ4n) is 7.29. The van der Waals surface area contributed by atoms with Crippen molar-refractivity contribution in [1.29, 1.82) is 0 Å². The summed E-state index contributed by atoms with van der Waals surface area (Å²) in [6, 6.07) is 22.0. The number of carbonyl (C=O) groups excluding carboxylic acids is 1. The number of aromatic nitrogens is 4. The maximum atomic E-state index is 14.1. The van der Waals surface area contributed by atoms with Crippen molar-refractivity contribution in [2.75, 3.05) is 12.4 Å². The average Bonchev–Trinajstić information content (AvgIpc) is 3.37. The Morgan fingerprint density at radius 1 is 0.911 bits per heavy atom. The lowest BCUT2D eigenvalue weighted by Gasteiger charge is -2.47. The Balaban J connectivity index is 1.40. The van der Waals surface area contributed by atoms with Gasteiger partial charge >= 0.3 is 5.97 Å². The van der Waals surface area contributed by atoms with Crippen LogP contribution < -0.4 is 5.32 Å². The molecule has 0 spiro atoms. The molecular weight excluding hydrogens is 586 g/mol. The highest BCUT2D eigenvalue weighted by Crippen LogP contribution is 2.47. The maximum Gasteiger partial charge on any atom is 0.311 e. The van der Waals surface area contributed by atoms with Crippen molar-refractivity contribution in [3.8, 4) is 22.6 Å². The molecule has 3 aliphatic rings. The molecule has 10 heteroatoms. The first-order chi connectivity index (χ1) is 21.8. The topological polar surface area (TPSA) is 116 Å². The van der Waals surface area contributed by atoms with E-state index in [-0.39, 0.29) is 28.7 Å². The van der Waals surface area contributed by atoms with E-state index >= 15 is 0 Å². The predicted molar refractivity (Wildman–Crippen MR) is 173 cm³/mol. The lowest BCUT2D eigenvalue weighted by Crippen LogP contribution is -2.51. The Morgan fingerprint density at radius 3 is 2.33 bits per heavy atom. The molecule has 0 aliphatic heterocycles. The quantitative estimate of drug-likeness (QED) is 0.208. The normalized spacial score (nSPS) is 21.1. The van der Waals surface area contributed by atoms with E-state index < -0.39 is 10.0 Å². The number of hydrogen-bond acceptors (Lipinski definition) is 8. The molecule has 0 saturated heterocycles. The summed E-state index contributed by atoms with van der Waals surface area (Å²) in [4.78, 5) is 27.7. The number of ether oxygens (including phenoxy) is 1. The first-order valence-electron chi connectivity index (χ1n) is 15.3. The molecule has 2 aromatic carbocycles. The monoisotopic (exact) mass is 621 g/mol. The molecule has 3 aliphatic carbocycles. The predicted octanol–water partition coefficient (Wildman–Crippen LogP) is 6.40. The summed E-state index contributed by atoms with van der Waals surface area (Å²) < 4.78 is 34.7. The van der Waals surface area contributed by atoms with E-state index in [0.717, 1.165) is 36.8 Å². The molecule has 45 heavy (non-hydrogen) atoms. The van der Waals surface area contributed by atoms with Gasteiger partial charge in [0.05, 0.1) is 29.2 Å². The standard InChI is InChI=1S/C35H35N5O4S/c1-21-11-17-26(18-12-21)45(42,43)40-22(2)30(27-10-7-19-36-34(27)40)33-37-28(23-8-5-4-6-9-23)20-29(39-33)38-32-25-15-13-24(14-16-25)31(32)35(41)44-3/h4-12,17-20,24-25,31-32H,13-16H2,1-3H3,(H,37,38,39). The average molecular weight is 622 g/mol. The number of hydrogen-bond donors (Lipinski definition) is 1. The van der Waals surface area contributed by atoms with Crippen molar-refractivity contribution in [2.45, 2.75) is 50.5 Å². The van der Waals surface area contributed by atoms with Gasteiger partial charge in [0.1, 0.15) is 5.82 Å². The molecule has 8 rings (SSSR count). The number of nitrogens with zero attached hydrogens (tertiary/aromatic N) is 4. The van der Waals surface area contributed by atoms with Gasteiger partial charge < -0.3 is 10.1 Å². The molecule has 3 heterocycles. The number of aryl methyl sites for hydroxylation is 1. The molecule has 2 unspecified atom stereocenters. The van der Waals surface area contributed by atoms with Crippen LogP contribution in [0.1, 0.15) is 36.9 Å². The Kier molecular flexibility index (Phi) is 7.40. The zero-order chi connectivity index (χ0) is 31.3. The summed E-state index contributed by atoms with van der Waals surface area (Å²) in [5.74, 6) is 1.11. The van der Waals surface area contributed by atoms with Crippen LogP contribution in [0.15, 0.2) is 83.9 Å². The molecule has 3 aromatic heterocycles. The molecule has 2 atom stereocenters. The van der Waals surface area contributed by atoms with Crippen molar-refractivity contribution < 1.29 is 17.9 Å². The fraction of sp³-hybridized carbons (Fsp3) is 0.314. The van der Waals surface area contributed by atoms with Gasteiger partial charge in [0.15, 0.2) is 11.5 Å². The van der Waals surface area contributed by atoms with Crippen molar-refractivity contribution in [2.24, 2.45) is 17.8 Å². The highest BCUT2D eigenvalue weighted by Gasteiger charge is 2.48. The van der Waals surface area contributed by atoms with E-state index in [1.165, 1.54) is 11.1 Å². The summed E-state index contributed by atoms with van der Waals surface area (Å²) in [7, 11) is -2.54. The second kappa shape index (κ2) is 11.4. The van der Waals surface area contributed by atoms with Gasteiger partial charge in [0.2, 0.25) is 0 Å². The number of esters is 1. The lowest BCUT2D eigenvalue weighted by molar-refractivity contribution is -0.152. The number of methoxy groups -OCH3 is 1. The first-order valence-corrected chi connectivity index (χ1v) is 16.8. The smallest absolute Gasteiger partial charge is 0.311 e. The Labute approximate surface area is 262 Å². The van der Waals surface area contributed by atoms with Crippen LogP contribution in [0.2, 0.25) is 0 Å². The van der Waals surface area contributed by atoms with Gasteiger partial charge in [-0.1, -0.05) is 48.0 Å². The van der Waals surface area contributed by atoms with Gasteiger partial charge in [0.25, 0.3) is 10.0 Å². The molecule has 3 fully saturated rings. The van der Waals surface area contributed by atoms with Crippen LogP contribution in [-0.2, 0) is 19.6 Å². The zero-order valence-electron chi connectivity index (χ0n) is 25.5. The lowest BCUT2D eigenvalue weighted by atomic mass is 9.61. The van der Waals surface area contributed by atoms with Crippen LogP contribution in [0.3, 0.4) is 0 Å². The van der Waals surface area contributed by atoms with E-state index in [1.807, 2.05) is 49.4 Å². The molecule has 0 radical (unpaired) electrons. The molecule has 2 bridgehead atoms. The molecule has 9 nitrogen and oxygen atoms in total. The van der Waals surface area contributed by atoms with Crippen molar-refractivity contribution >= 4 is 32.8 Å². The second-order valence-electron chi connectivity index (χ2n) is 12.1. The van der Waals surface area contributed by atoms with E-state index in [9.17, 15) is 13.2 Å². The number of rotatable bonds is 7. The summed E-state index contributed by atoms with van der Waals surface area (Å²) >= 11 is 0. The van der Waals surface area contributed by atoms with Gasteiger partial charge in [-0.3, -0.25) is 4.79 Å². The Bertz CT molecular complexity index is 2000. The summed E-state index contributed by atoms with van der Waals surface area (Å²) in [6.45, 7) is 3.68. The maximum absolute atomic E-state index is 14.1. The van der Waals surface area contributed by atoms with Crippen molar-refractivity contribution in [1.82, 2.24) is 18.9 Å². The van der Waals surface area contributed by atoms with Gasteiger partial charge in [-0.2, -0.15) is 0 Å². The van der Waals surface area contributed by atoms with Gasteiger partial charge in [0, 0.05) is 34.9 Å². The summed E-state index contributed by atoms with van der Waals surface area (Å²) in [5.41, 5.74) is 3.90. The molecule has 5 aromatic rings. The summed E-state index contributed by atoms with van der Waals surface area (Å²) in [6.07, 6.45) is 5.73. The highest BCUT2D eigenvalue weighted by molar-refractivity contribution is 7.90. The number of pyridine rings is 1.